The molecule has 0 saturated heterocycles. The zero-order chi connectivity index (χ0) is 19.6. The molecule has 0 aromatic heterocycles. The molecule has 2 aromatic rings. The average Bonchev–Trinajstić information content (AvgIpc) is 2.68. The Kier molecular flexibility index (Phi) is 10.4. The van der Waals surface area contributed by atoms with E-state index in [0.29, 0.717) is 19.3 Å². The van der Waals surface area contributed by atoms with Crippen LogP contribution < -0.4 is 14.8 Å². The maximum atomic E-state index is 6.27. The molecule has 4 heteroatoms. The van der Waals surface area contributed by atoms with Gasteiger partial charge in [0.05, 0.1) is 6.61 Å². The number of aryl methyl sites for hydroxylation is 1. The lowest BCUT2D eigenvalue weighted by atomic mass is 9.96. The minimum atomic E-state index is 0. The lowest BCUT2D eigenvalue weighted by Crippen LogP contribution is -2.29. The van der Waals surface area contributed by atoms with Crippen LogP contribution in [0.25, 0.3) is 0 Å². The second-order valence-corrected chi connectivity index (χ2v) is 7.87. The molecule has 0 spiro atoms. The van der Waals surface area contributed by atoms with Crippen molar-refractivity contribution in [1.29, 1.82) is 0 Å². The van der Waals surface area contributed by atoms with Gasteiger partial charge in [-0.1, -0.05) is 74.1 Å². The molecule has 0 unspecified atom stereocenters. The lowest BCUT2D eigenvalue weighted by molar-refractivity contribution is 0.265. The zero-order valence-corrected chi connectivity index (χ0v) is 18.7. The molecule has 3 rings (SSSR count). The van der Waals surface area contributed by atoms with Gasteiger partial charge >= 0.3 is 0 Å². The maximum Gasteiger partial charge on any atom is 0.166 e. The molecule has 0 radical (unpaired) electrons. The number of hydrogen-bond acceptors (Lipinski definition) is 3. The van der Waals surface area contributed by atoms with E-state index in [4.69, 9.17) is 9.47 Å². The number of halogens is 1. The molecule has 29 heavy (non-hydrogen) atoms. The van der Waals surface area contributed by atoms with Crippen LogP contribution in [0.3, 0.4) is 0 Å². The first-order valence-electron chi connectivity index (χ1n) is 10.9. The van der Waals surface area contributed by atoms with Crippen LogP contribution in [0.15, 0.2) is 42.5 Å². The van der Waals surface area contributed by atoms with Crippen molar-refractivity contribution in [3.63, 3.8) is 0 Å². The molecule has 0 aliphatic heterocycles. The number of ether oxygens (including phenoxy) is 2. The van der Waals surface area contributed by atoms with Gasteiger partial charge in [0.25, 0.3) is 0 Å². The van der Waals surface area contributed by atoms with Crippen molar-refractivity contribution in [2.75, 3.05) is 6.61 Å². The normalized spacial score (nSPS) is 15.1. The first kappa shape index (κ1) is 23.6. The quantitative estimate of drug-likeness (QED) is 0.525. The third-order valence-corrected chi connectivity index (χ3v) is 5.55. The van der Waals surface area contributed by atoms with E-state index in [2.05, 4.69) is 48.6 Å². The Hall–Kier alpha value is -1.71. The summed E-state index contributed by atoms with van der Waals surface area (Å²) in [6.45, 7) is 6.15. The standard InChI is InChI=1S/C25H35NO2.ClH/c1-3-27-24-13-9-10-22(18-26-23-11-7-5-4-6-8-12-23)25(24)28-19-21-16-14-20(2)15-17-21;/h9-10,13-17,23,26H,3-8,11-12,18-19H2,1-2H3;1H. The fraction of sp³-hybridized carbons (Fsp3) is 0.520. The van der Waals surface area contributed by atoms with Gasteiger partial charge in [0, 0.05) is 18.2 Å². The van der Waals surface area contributed by atoms with Gasteiger partial charge in [-0.25, -0.2) is 0 Å². The Morgan fingerprint density at radius 3 is 2.28 bits per heavy atom. The maximum absolute atomic E-state index is 6.27. The Labute approximate surface area is 182 Å². The number of hydrogen-bond donors (Lipinski definition) is 1. The van der Waals surface area contributed by atoms with Crippen LogP contribution in [0.2, 0.25) is 0 Å². The minimum absolute atomic E-state index is 0. The van der Waals surface area contributed by atoms with Gasteiger partial charge < -0.3 is 14.8 Å². The minimum Gasteiger partial charge on any atom is -0.490 e. The topological polar surface area (TPSA) is 30.5 Å². The smallest absolute Gasteiger partial charge is 0.166 e. The summed E-state index contributed by atoms with van der Waals surface area (Å²) in [5, 5.41) is 3.79. The summed E-state index contributed by atoms with van der Waals surface area (Å²) >= 11 is 0. The first-order valence-corrected chi connectivity index (χ1v) is 10.9. The molecular formula is C25H36ClNO2. The molecule has 1 fully saturated rings. The largest absolute Gasteiger partial charge is 0.490 e. The third kappa shape index (κ3) is 7.56. The summed E-state index contributed by atoms with van der Waals surface area (Å²) in [5.74, 6) is 1.72. The molecule has 1 saturated carbocycles. The van der Waals surface area contributed by atoms with Crippen molar-refractivity contribution in [1.82, 2.24) is 5.32 Å². The SMILES string of the molecule is CCOc1cccc(CNC2CCCCCCC2)c1OCc1ccc(C)cc1.Cl. The Balaban J connectivity index is 0.00000300. The molecule has 0 heterocycles. The van der Waals surface area contributed by atoms with E-state index >= 15 is 0 Å². The summed E-state index contributed by atoms with van der Waals surface area (Å²) in [4.78, 5) is 0. The van der Waals surface area contributed by atoms with E-state index in [0.717, 1.165) is 18.0 Å². The predicted octanol–water partition coefficient (Wildman–Crippen LogP) is 6.60. The highest BCUT2D eigenvalue weighted by Crippen LogP contribution is 2.32. The number of para-hydroxylation sites is 1. The van der Waals surface area contributed by atoms with Crippen LogP contribution in [-0.2, 0) is 13.2 Å². The highest BCUT2D eigenvalue weighted by atomic mass is 35.5. The fourth-order valence-corrected chi connectivity index (χ4v) is 3.89. The van der Waals surface area contributed by atoms with Crippen LogP contribution >= 0.6 is 12.4 Å². The number of nitrogens with one attached hydrogen (secondary N) is 1. The van der Waals surface area contributed by atoms with Crippen molar-refractivity contribution >= 4 is 12.4 Å². The lowest BCUT2D eigenvalue weighted by Gasteiger charge is -2.22. The third-order valence-electron chi connectivity index (χ3n) is 5.55. The Morgan fingerprint density at radius 1 is 0.897 bits per heavy atom. The second-order valence-electron chi connectivity index (χ2n) is 7.87. The Bertz CT molecular complexity index is 709. The average molecular weight is 418 g/mol. The predicted molar refractivity (Wildman–Crippen MR) is 123 cm³/mol. The van der Waals surface area contributed by atoms with E-state index in [-0.39, 0.29) is 12.4 Å². The molecule has 0 amide bonds. The van der Waals surface area contributed by atoms with Crippen LogP contribution in [0.5, 0.6) is 11.5 Å². The van der Waals surface area contributed by atoms with Crippen LogP contribution in [0, 0.1) is 6.92 Å². The summed E-state index contributed by atoms with van der Waals surface area (Å²) in [7, 11) is 0. The molecule has 0 bridgehead atoms. The highest BCUT2D eigenvalue weighted by molar-refractivity contribution is 5.85. The summed E-state index contributed by atoms with van der Waals surface area (Å²) in [6.07, 6.45) is 9.40. The molecular weight excluding hydrogens is 382 g/mol. The zero-order valence-electron chi connectivity index (χ0n) is 17.9. The van der Waals surface area contributed by atoms with Gasteiger partial charge in [0.15, 0.2) is 11.5 Å². The molecule has 1 aliphatic carbocycles. The van der Waals surface area contributed by atoms with Crippen LogP contribution in [0.1, 0.15) is 68.6 Å². The fourth-order valence-electron chi connectivity index (χ4n) is 3.89. The number of benzene rings is 2. The van der Waals surface area contributed by atoms with Gasteiger partial charge in [-0.15, -0.1) is 12.4 Å². The van der Waals surface area contributed by atoms with Gasteiger partial charge in [0.2, 0.25) is 0 Å². The van der Waals surface area contributed by atoms with E-state index in [9.17, 15) is 0 Å². The summed E-state index contributed by atoms with van der Waals surface area (Å²) in [6, 6.07) is 15.4. The summed E-state index contributed by atoms with van der Waals surface area (Å²) in [5.41, 5.74) is 3.62. The van der Waals surface area contributed by atoms with E-state index < -0.39 is 0 Å². The van der Waals surface area contributed by atoms with Crippen LogP contribution in [-0.4, -0.2) is 12.6 Å². The van der Waals surface area contributed by atoms with E-state index in [1.54, 1.807) is 0 Å². The Morgan fingerprint density at radius 2 is 1.59 bits per heavy atom. The van der Waals surface area contributed by atoms with Crippen molar-refractivity contribution in [2.24, 2.45) is 0 Å². The molecule has 1 N–H and O–H groups in total. The van der Waals surface area contributed by atoms with Gasteiger partial charge in [-0.05, 0) is 38.3 Å². The van der Waals surface area contributed by atoms with Crippen molar-refractivity contribution in [3.05, 3.63) is 59.2 Å². The molecule has 160 valence electrons. The van der Waals surface area contributed by atoms with Crippen LogP contribution in [0.4, 0.5) is 0 Å². The first-order chi connectivity index (χ1) is 13.8. The molecule has 2 aromatic carbocycles. The molecule has 3 nitrogen and oxygen atoms in total. The molecule has 0 atom stereocenters. The van der Waals surface area contributed by atoms with Gasteiger partial charge in [-0.3, -0.25) is 0 Å². The van der Waals surface area contributed by atoms with E-state index in [1.165, 1.54) is 61.6 Å². The number of rotatable bonds is 8. The second kappa shape index (κ2) is 12.8. The van der Waals surface area contributed by atoms with E-state index in [1.807, 2.05) is 13.0 Å². The van der Waals surface area contributed by atoms with Crippen molar-refractivity contribution in [3.8, 4) is 11.5 Å². The van der Waals surface area contributed by atoms with Crippen molar-refractivity contribution < 1.29 is 9.47 Å². The van der Waals surface area contributed by atoms with Gasteiger partial charge in [-0.2, -0.15) is 0 Å². The summed E-state index contributed by atoms with van der Waals surface area (Å²) < 4.78 is 12.1. The van der Waals surface area contributed by atoms with Gasteiger partial charge in [0.1, 0.15) is 6.61 Å². The monoisotopic (exact) mass is 417 g/mol. The van der Waals surface area contributed by atoms with Crippen molar-refractivity contribution in [2.45, 2.75) is 78.0 Å². The molecule has 1 aliphatic rings. The highest BCUT2D eigenvalue weighted by Gasteiger charge is 2.15.